The molecule has 2 saturated heterocycles. The molecule has 0 radical (unpaired) electrons. The third-order valence-electron chi connectivity index (χ3n) is 3.54. The topological polar surface area (TPSA) is 61.4 Å². The maximum Gasteiger partial charge on any atom is 0.279 e. The Hall–Kier alpha value is 0.120. The van der Waals surface area contributed by atoms with Crippen LogP contribution in [0.5, 0.6) is 0 Å². The van der Waals surface area contributed by atoms with Crippen molar-refractivity contribution in [1.82, 2.24) is 14.3 Å². The Morgan fingerprint density at radius 3 is 2.76 bits per heavy atom. The molecule has 2 rings (SSSR count). The summed E-state index contributed by atoms with van der Waals surface area (Å²) >= 11 is 0. The van der Waals surface area contributed by atoms with Crippen LogP contribution in [0.3, 0.4) is 0 Å². The van der Waals surface area contributed by atoms with Crippen LogP contribution in [0.1, 0.15) is 19.8 Å². The van der Waals surface area contributed by atoms with Crippen molar-refractivity contribution in [2.24, 2.45) is 11.8 Å². The van der Waals surface area contributed by atoms with Crippen LogP contribution < -0.4 is 10.0 Å². The van der Waals surface area contributed by atoms with Crippen LogP contribution >= 0.6 is 12.4 Å². The molecule has 0 saturated carbocycles. The van der Waals surface area contributed by atoms with Gasteiger partial charge in [-0.15, -0.1) is 12.4 Å². The predicted molar refractivity (Wildman–Crippen MR) is 70.5 cm³/mol. The van der Waals surface area contributed by atoms with Gasteiger partial charge in [-0.05, 0) is 37.8 Å². The number of hydrogen-bond acceptors (Lipinski definition) is 3. The summed E-state index contributed by atoms with van der Waals surface area (Å²) in [5.74, 6) is 1.18. The lowest BCUT2D eigenvalue weighted by molar-refractivity contribution is 0.226. The molecule has 0 amide bonds. The summed E-state index contributed by atoms with van der Waals surface area (Å²) in [5, 5.41) is 3.34. The van der Waals surface area contributed by atoms with Crippen molar-refractivity contribution in [3.8, 4) is 0 Å². The molecule has 2 unspecified atom stereocenters. The molecule has 0 aromatic rings. The Morgan fingerprint density at radius 2 is 2.06 bits per heavy atom. The van der Waals surface area contributed by atoms with Crippen LogP contribution in [0.25, 0.3) is 0 Å². The van der Waals surface area contributed by atoms with E-state index in [0.717, 1.165) is 25.9 Å². The molecule has 0 bridgehead atoms. The van der Waals surface area contributed by atoms with Crippen molar-refractivity contribution in [1.29, 1.82) is 0 Å². The van der Waals surface area contributed by atoms with Gasteiger partial charge in [0.15, 0.2) is 0 Å². The first-order valence-electron chi connectivity index (χ1n) is 6.09. The molecule has 0 aliphatic carbocycles. The maximum atomic E-state index is 11.9. The third-order valence-corrected chi connectivity index (χ3v) is 5.12. The highest BCUT2D eigenvalue weighted by Gasteiger charge is 2.36. The molecule has 2 fully saturated rings. The summed E-state index contributed by atoms with van der Waals surface area (Å²) in [6.07, 6.45) is 1.82. The van der Waals surface area contributed by atoms with Gasteiger partial charge in [-0.1, -0.05) is 6.92 Å². The van der Waals surface area contributed by atoms with E-state index in [1.165, 1.54) is 0 Å². The zero-order valence-electron chi connectivity index (χ0n) is 10.2. The smallest absolute Gasteiger partial charge is 0.279 e. The Balaban J connectivity index is 0.00000144. The zero-order chi connectivity index (χ0) is 11.6. The third kappa shape index (κ3) is 3.54. The maximum absolute atomic E-state index is 11.9. The average molecular weight is 284 g/mol. The average Bonchev–Trinajstić information content (AvgIpc) is 2.73. The number of rotatable bonds is 4. The van der Waals surface area contributed by atoms with Crippen LogP contribution in [0, 0.1) is 11.8 Å². The lowest BCUT2D eigenvalue weighted by Gasteiger charge is -2.33. The fourth-order valence-corrected chi connectivity index (χ4v) is 3.92. The van der Waals surface area contributed by atoms with Gasteiger partial charge < -0.3 is 5.32 Å². The Morgan fingerprint density at radius 1 is 1.35 bits per heavy atom. The number of piperidine rings is 1. The molecule has 0 aromatic carbocycles. The molecule has 5 nitrogen and oxygen atoms in total. The van der Waals surface area contributed by atoms with Crippen LogP contribution in [-0.4, -0.2) is 45.4 Å². The second kappa shape index (κ2) is 6.33. The highest BCUT2D eigenvalue weighted by molar-refractivity contribution is 7.87. The Kier molecular flexibility index (Phi) is 5.66. The molecule has 7 heteroatoms. The van der Waals surface area contributed by atoms with Crippen LogP contribution in [-0.2, 0) is 10.2 Å². The molecule has 2 atom stereocenters. The van der Waals surface area contributed by atoms with Gasteiger partial charge in [-0.3, -0.25) is 0 Å². The van der Waals surface area contributed by atoms with Crippen molar-refractivity contribution >= 4 is 22.6 Å². The van der Waals surface area contributed by atoms with Gasteiger partial charge in [-0.25, -0.2) is 4.72 Å². The first-order valence-corrected chi connectivity index (χ1v) is 7.53. The van der Waals surface area contributed by atoms with Crippen molar-refractivity contribution in [3.05, 3.63) is 0 Å². The van der Waals surface area contributed by atoms with Gasteiger partial charge in [0.2, 0.25) is 0 Å². The molecule has 0 aromatic heterocycles. The van der Waals surface area contributed by atoms with Gasteiger partial charge in [0, 0.05) is 19.6 Å². The molecule has 0 spiro atoms. The minimum atomic E-state index is -3.23. The van der Waals surface area contributed by atoms with E-state index in [-0.39, 0.29) is 12.4 Å². The standard InChI is InChI=1S/C10H21N3O2S.ClH/c1-2-4-12-16(14,15)13-5-3-9-6-11-7-10(9)8-13;/h9-12H,2-8H2,1H3;1H. The monoisotopic (exact) mass is 283 g/mol. The van der Waals surface area contributed by atoms with E-state index >= 15 is 0 Å². The van der Waals surface area contributed by atoms with E-state index in [2.05, 4.69) is 10.0 Å². The second-order valence-electron chi connectivity index (χ2n) is 4.72. The SMILES string of the molecule is CCCNS(=O)(=O)N1CCC2CNCC2C1.Cl. The molecular weight excluding hydrogens is 262 g/mol. The fraction of sp³-hybridized carbons (Fsp3) is 1.00. The minimum absolute atomic E-state index is 0. The van der Waals surface area contributed by atoms with Crippen LogP contribution in [0.15, 0.2) is 0 Å². The first kappa shape index (κ1) is 15.2. The minimum Gasteiger partial charge on any atom is -0.316 e. The van der Waals surface area contributed by atoms with Crippen molar-refractivity contribution < 1.29 is 8.42 Å². The number of halogens is 1. The van der Waals surface area contributed by atoms with Gasteiger partial charge in [0.05, 0.1) is 0 Å². The van der Waals surface area contributed by atoms with Gasteiger partial charge >= 0.3 is 0 Å². The Bertz CT molecular complexity index is 336. The number of nitrogens with one attached hydrogen (secondary N) is 2. The summed E-state index contributed by atoms with van der Waals surface area (Å²) < 4.78 is 28.1. The summed E-state index contributed by atoms with van der Waals surface area (Å²) in [6.45, 7) is 5.87. The van der Waals surface area contributed by atoms with E-state index < -0.39 is 10.2 Å². The predicted octanol–water partition coefficient (Wildman–Crippen LogP) is 0.194. The number of hydrogen-bond donors (Lipinski definition) is 2. The van der Waals surface area contributed by atoms with E-state index in [1.807, 2.05) is 6.92 Å². The quantitative estimate of drug-likeness (QED) is 0.775. The summed E-state index contributed by atoms with van der Waals surface area (Å²) in [4.78, 5) is 0. The largest absolute Gasteiger partial charge is 0.316 e. The molecule has 2 aliphatic rings. The van der Waals surface area contributed by atoms with Gasteiger partial charge in [-0.2, -0.15) is 12.7 Å². The van der Waals surface area contributed by atoms with Crippen LogP contribution in [0.4, 0.5) is 0 Å². The highest BCUT2D eigenvalue weighted by atomic mass is 35.5. The fourth-order valence-electron chi connectivity index (χ4n) is 2.54. The number of nitrogens with zero attached hydrogens (tertiary/aromatic N) is 1. The van der Waals surface area contributed by atoms with E-state index in [1.54, 1.807) is 4.31 Å². The molecule has 2 heterocycles. The molecule has 2 aliphatic heterocycles. The normalized spacial score (nSPS) is 29.7. The van der Waals surface area contributed by atoms with Gasteiger partial charge in [0.1, 0.15) is 0 Å². The lowest BCUT2D eigenvalue weighted by atomic mass is 9.90. The van der Waals surface area contributed by atoms with E-state index in [9.17, 15) is 8.42 Å². The molecular formula is C10H22ClN3O2S. The van der Waals surface area contributed by atoms with Crippen LogP contribution in [0.2, 0.25) is 0 Å². The van der Waals surface area contributed by atoms with Crippen molar-refractivity contribution in [3.63, 3.8) is 0 Å². The summed E-state index contributed by atoms with van der Waals surface area (Å²) in [7, 11) is -3.23. The first-order chi connectivity index (χ1) is 7.63. The van der Waals surface area contributed by atoms with Crippen molar-refractivity contribution in [2.75, 3.05) is 32.7 Å². The molecule has 102 valence electrons. The van der Waals surface area contributed by atoms with Gasteiger partial charge in [0.25, 0.3) is 10.2 Å². The lowest BCUT2D eigenvalue weighted by Crippen LogP contribution is -2.48. The Labute approximate surface area is 110 Å². The number of fused-ring (bicyclic) bond motifs is 1. The zero-order valence-corrected chi connectivity index (χ0v) is 11.8. The molecule has 17 heavy (non-hydrogen) atoms. The van der Waals surface area contributed by atoms with E-state index in [4.69, 9.17) is 0 Å². The summed E-state index contributed by atoms with van der Waals surface area (Å²) in [6, 6.07) is 0. The van der Waals surface area contributed by atoms with E-state index in [0.29, 0.717) is 31.5 Å². The summed E-state index contributed by atoms with van der Waals surface area (Å²) in [5.41, 5.74) is 0. The second-order valence-corrected chi connectivity index (χ2v) is 6.48. The molecule has 2 N–H and O–H groups in total. The highest BCUT2D eigenvalue weighted by Crippen LogP contribution is 2.27. The van der Waals surface area contributed by atoms with Crippen molar-refractivity contribution in [2.45, 2.75) is 19.8 Å².